The van der Waals surface area contributed by atoms with Gasteiger partial charge in [0.25, 0.3) is 0 Å². The molecule has 0 aromatic carbocycles. The summed E-state index contributed by atoms with van der Waals surface area (Å²) in [4.78, 5) is 46.0. The first-order valence-corrected chi connectivity index (χ1v) is 15.8. The number of aromatic nitrogens is 3. The minimum Gasteiger partial charge on any atom is -0.481 e. The lowest BCUT2D eigenvalue weighted by Gasteiger charge is -2.40. The summed E-state index contributed by atoms with van der Waals surface area (Å²) >= 11 is 9.34. The summed E-state index contributed by atoms with van der Waals surface area (Å²) in [5.74, 6) is -0.161. The van der Waals surface area contributed by atoms with Gasteiger partial charge in [-0.25, -0.2) is 15.0 Å². The molecule has 12 heteroatoms. The zero-order valence-electron chi connectivity index (χ0n) is 23.0. The summed E-state index contributed by atoms with van der Waals surface area (Å²) in [6.07, 6.45) is 5.93. The van der Waals surface area contributed by atoms with Crippen molar-refractivity contribution in [1.82, 2.24) is 24.8 Å². The van der Waals surface area contributed by atoms with Gasteiger partial charge in [0.1, 0.15) is 16.5 Å². The van der Waals surface area contributed by atoms with Crippen molar-refractivity contribution in [2.24, 2.45) is 0 Å². The first kappa shape index (κ1) is 31.5. The van der Waals surface area contributed by atoms with Crippen LogP contribution in [0.3, 0.4) is 0 Å². The third-order valence-electron chi connectivity index (χ3n) is 7.93. The van der Waals surface area contributed by atoms with Gasteiger partial charge < -0.3 is 10.0 Å². The molecule has 0 saturated carbocycles. The monoisotopic (exact) mass is 618 g/mol. The second-order valence-electron chi connectivity index (χ2n) is 10.8. The number of aliphatic carboxylic acids is 1. The smallest absolute Gasteiger partial charge is 0.304 e. The van der Waals surface area contributed by atoms with E-state index in [-0.39, 0.29) is 32.1 Å². The number of likely N-dealkylation sites (tertiary alicyclic amines) is 1. The van der Waals surface area contributed by atoms with E-state index < -0.39 is 5.97 Å². The van der Waals surface area contributed by atoms with Crippen molar-refractivity contribution in [2.75, 3.05) is 31.1 Å². The number of piperazine rings is 1. The average Bonchev–Trinajstić information content (AvgIpc) is 3.62. The number of carbonyl (C=O) groups excluding carboxylic acids is 1. The highest BCUT2D eigenvalue weighted by Crippen LogP contribution is 2.36. The maximum atomic E-state index is 13.2. The molecule has 2 aliphatic heterocycles. The highest BCUT2D eigenvalue weighted by molar-refractivity contribution is 7.15. The molecule has 0 spiro atoms. The second kappa shape index (κ2) is 13.7. The molecule has 2 fully saturated rings. The van der Waals surface area contributed by atoms with E-state index in [0.29, 0.717) is 24.3 Å². The number of hydrogen-bond donors (Lipinski definition) is 1. The number of thiazole rings is 1. The van der Waals surface area contributed by atoms with Gasteiger partial charge in [-0.15, -0.1) is 22.7 Å². The van der Waals surface area contributed by atoms with Crippen molar-refractivity contribution in [2.45, 2.75) is 78.6 Å². The molecule has 2 saturated heterocycles. The van der Waals surface area contributed by atoms with E-state index in [1.165, 1.54) is 24.2 Å². The highest BCUT2D eigenvalue weighted by Gasteiger charge is 2.30. The standard InChI is InChI=1S/C28H35ClN6O3S2.CH4/c1-17-4-5-18(2)35(17)15-23-28(20-10-24(29)39-16-20)32-26(40-23)11-22(36)21-12-31-25(13-30-21)34-9-8-33(14-19(34)3)7-6-27(37)38;/h10,12-13,16-19H,4-9,11,14-15H2,1-3H3,(H,37,38);1H4/t17-,18-,19-;/m1./s1. The summed E-state index contributed by atoms with van der Waals surface area (Å²) in [5, 5.41) is 11.8. The fourth-order valence-electron chi connectivity index (χ4n) is 5.64. The normalized spacial score (nSPS) is 21.7. The number of Topliss-reactive ketones (excluding diaryl/α,β-unsaturated/α-hetero) is 1. The van der Waals surface area contributed by atoms with Crippen molar-refractivity contribution in [3.63, 3.8) is 0 Å². The Balaban J connectivity index is 0.00000387. The molecular formula is C29H39ClN6O3S2. The van der Waals surface area contributed by atoms with Gasteiger partial charge in [0.15, 0.2) is 5.78 Å². The van der Waals surface area contributed by atoms with E-state index in [1.54, 1.807) is 23.7 Å². The van der Waals surface area contributed by atoms with Crippen LogP contribution >= 0.6 is 34.3 Å². The Hall–Kier alpha value is -2.44. The predicted octanol–water partition coefficient (Wildman–Crippen LogP) is 5.73. The number of nitrogens with zero attached hydrogens (tertiary/aromatic N) is 6. The largest absolute Gasteiger partial charge is 0.481 e. The fourth-order valence-corrected chi connectivity index (χ4v) is 7.60. The van der Waals surface area contributed by atoms with E-state index in [1.807, 2.05) is 11.4 Å². The van der Waals surface area contributed by atoms with Crippen LogP contribution < -0.4 is 4.90 Å². The van der Waals surface area contributed by atoms with Gasteiger partial charge in [-0.1, -0.05) is 19.0 Å². The maximum Gasteiger partial charge on any atom is 0.304 e. The predicted molar refractivity (Wildman–Crippen MR) is 166 cm³/mol. The molecule has 0 radical (unpaired) electrons. The molecule has 41 heavy (non-hydrogen) atoms. The van der Waals surface area contributed by atoms with Crippen LogP contribution in [0.2, 0.25) is 4.34 Å². The SMILES string of the molecule is C.C[C@@H]1CN(CCC(=O)O)CCN1c1cnc(C(=O)Cc2nc(-c3csc(Cl)c3)c(CN3[C@H](C)CC[C@H]3C)s2)cn1. The zero-order valence-corrected chi connectivity index (χ0v) is 25.4. The van der Waals surface area contributed by atoms with E-state index >= 15 is 0 Å². The van der Waals surface area contributed by atoms with E-state index in [2.05, 4.69) is 45.4 Å². The molecule has 5 heterocycles. The quantitative estimate of drug-likeness (QED) is 0.285. The Morgan fingerprint density at radius 3 is 2.46 bits per heavy atom. The average molecular weight is 619 g/mol. The number of ketones is 1. The third kappa shape index (κ3) is 7.50. The van der Waals surface area contributed by atoms with Crippen LogP contribution in [-0.2, 0) is 17.8 Å². The van der Waals surface area contributed by atoms with Crippen LogP contribution in [0.5, 0.6) is 0 Å². The van der Waals surface area contributed by atoms with E-state index in [4.69, 9.17) is 21.7 Å². The van der Waals surface area contributed by atoms with Gasteiger partial charge in [-0.3, -0.25) is 19.4 Å². The lowest BCUT2D eigenvalue weighted by atomic mass is 10.2. The van der Waals surface area contributed by atoms with Crippen LogP contribution in [0, 0.1) is 0 Å². The van der Waals surface area contributed by atoms with E-state index in [0.717, 1.165) is 57.5 Å². The molecule has 9 nitrogen and oxygen atoms in total. The van der Waals surface area contributed by atoms with Crippen molar-refractivity contribution in [1.29, 1.82) is 0 Å². The Morgan fingerprint density at radius 1 is 1.10 bits per heavy atom. The van der Waals surface area contributed by atoms with Crippen molar-refractivity contribution < 1.29 is 14.7 Å². The molecule has 222 valence electrons. The summed E-state index contributed by atoms with van der Waals surface area (Å²) in [5.41, 5.74) is 2.25. The Kier molecular flexibility index (Phi) is 10.5. The number of carboxylic acids is 1. The van der Waals surface area contributed by atoms with Crippen LogP contribution in [0.1, 0.15) is 67.8 Å². The summed E-state index contributed by atoms with van der Waals surface area (Å²) in [6, 6.07) is 3.15. The molecule has 0 bridgehead atoms. The topological polar surface area (TPSA) is 103 Å². The van der Waals surface area contributed by atoms with Crippen molar-refractivity contribution in [3.8, 4) is 11.3 Å². The molecule has 0 aliphatic carbocycles. The van der Waals surface area contributed by atoms with Crippen LogP contribution in [-0.4, -0.2) is 85.9 Å². The molecule has 5 rings (SSSR count). The van der Waals surface area contributed by atoms with Crippen molar-refractivity contribution in [3.05, 3.63) is 43.8 Å². The van der Waals surface area contributed by atoms with Crippen LogP contribution in [0.4, 0.5) is 5.82 Å². The number of carbonyl (C=O) groups is 2. The molecule has 3 atom stereocenters. The number of hydrogen-bond acceptors (Lipinski definition) is 10. The lowest BCUT2D eigenvalue weighted by molar-refractivity contribution is -0.137. The molecular weight excluding hydrogens is 580 g/mol. The molecule has 3 aromatic rings. The van der Waals surface area contributed by atoms with E-state index in [9.17, 15) is 9.59 Å². The molecule has 1 N–H and O–H groups in total. The van der Waals surface area contributed by atoms with Gasteiger partial charge in [-0.05, 0) is 39.7 Å². The van der Waals surface area contributed by atoms with Gasteiger partial charge >= 0.3 is 5.97 Å². The fraction of sp³-hybridized carbons (Fsp3) is 0.552. The number of carboxylic acid groups (broad SMARTS) is 1. The Morgan fingerprint density at radius 2 is 1.85 bits per heavy atom. The molecule has 3 aromatic heterocycles. The van der Waals surface area contributed by atoms with Gasteiger partial charge in [0.05, 0.1) is 35.3 Å². The minimum absolute atomic E-state index is 0. The number of anilines is 1. The summed E-state index contributed by atoms with van der Waals surface area (Å²) < 4.78 is 0.723. The molecule has 2 aliphatic rings. The summed E-state index contributed by atoms with van der Waals surface area (Å²) in [7, 11) is 0. The molecule has 0 amide bonds. The Labute approximate surface area is 255 Å². The lowest BCUT2D eigenvalue weighted by Crippen LogP contribution is -2.52. The van der Waals surface area contributed by atoms with Crippen LogP contribution in [0.25, 0.3) is 11.3 Å². The minimum atomic E-state index is -0.780. The first-order chi connectivity index (χ1) is 19.2. The van der Waals surface area contributed by atoms with Gasteiger partial charge in [0, 0.05) is 66.7 Å². The number of rotatable bonds is 10. The summed E-state index contributed by atoms with van der Waals surface area (Å²) in [6.45, 7) is 10.3. The van der Waals surface area contributed by atoms with Gasteiger partial charge in [-0.2, -0.15) is 0 Å². The van der Waals surface area contributed by atoms with Crippen molar-refractivity contribution >= 4 is 51.8 Å². The second-order valence-corrected chi connectivity index (χ2v) is 13.5. The molecule has 0 unspecified atom stereocenters. The van der Waals surface area contributed by atoms with Crippen LogP contribution in [0.15, 0.2) is 23.8 Å². The highest BCUT2D eigenvalue weighted by atomic mass is 35.5. The Bertz CT molecular complexity index is 1340. The zero-order chi connectivity index (χ0) is 28.4. The maximum absolute atomic E-state index is 13.2. The third-order valence-corrected chi connectivity index (χ3v) is 10.1. The number of thiophene rings is 1. The number of halogens is 1. The van der Waals surface area contributed by atoms with Gasteiger partial charge in [0.2, 0.25) is 0 Å². The first-order valence-electron chi connectivity index (χ1n) is 13.7.